The molecule has 0 N–H and O–H groups in total. The number of anilines is 1. The van der Waals surface area contributed by atoms with Crippen LogP contribution in [0.15, 0.2) is 36.7 Å². The van der Waals surface area contributed by atoms with Crippen LogP contribution >= 0.6 is 0 Å². The van der Waals surface area contributed by atoms with Crippen LogP contribution in [0.5, 0.6) is 0 Å². The Labute approximate surface area is 106 Å². The quantitative estimate of drug-likeness (QED) is 0.770. The van der Waals surface area contributed by atoms with E-state index in [0.717, 1.165) is 23.4 Å². The van der Waals surface area contributed by atoms with Gasteiger partial charge in [-0.15, -0.1) is 0 Å². The van der Waals surface area contributed by atoms with Gasteiger partial charge in [-0.1, -0.05) is 6.07 Å². The third-order valence-electron chi connectivity index (χ3n) is 2.69. The molecule has 0 amide bonds. The Kier molecular flexibility index (Phi) is 3.67. The zero-order valence-corrected chi connectivity index (χ0v) is 10.5. The molecule has 0 radical (unpaired) electrons. The third-order valence-corrected chi connectivity index (χ3v) is 2.69. The summed E-state index contributed by atoms with van der Waals surface area (Å²) in [7, 11) is 1.96. The fourth-order valence-corrected chi connectivity index (χ4v) is 1.86. The van der Waals surface area contributed by atoms with Crippen molar-refractivity contribution < 1.29 is 4.79 Å². The highest BCUT2D eigenvalue weighted by Gasteiger charge is 2.08. The van der Waals surface area contributed by atoms with E-state index in [0.29, 0.717) is 12.1 Å². The lowest BCUT2D eigenvalue weighted by atomic mass is 10.2. The fourth-order valence-electron chi connectivity index (χ4n) is 1.86. The lowest BCUT2D eigenvalue weighted by molar-refractivity contribution is 0.112. The van der Waals surface area contributed by atoms with E-state index in [9.17, 15) is 4.79 Å². The van der Waals surface area contributed by atoms with Crippen LogP contribution in [0.25, 0.3) is 0 Å². The van der Waals surface area contributed by atoms with Crippen molar-refractivity contribution in [3.8, 4) is 0 Å². The van der Waals surface area contributed by atoms with Crippen molar-refractivity contribution in [2.45, 2.75) is 13.5 Å². The highest BCUT2D eigenvalue weighted by Crippen LogP contribution is 2.17. The van der Waals surface area contributed by atoms with Gasteiger partial charge >= 0.3 is 0 Å². The molecule has 92 valence electrons. The van der Waals surface area contributed by atoms with E-state index in [1.165, 1.54) is 0 Å². The SMILES string of the molecule is Cc1cc(C=O)cnc1N(C)Cc1ccccn1. The van der Waals surface area contributed by atoms with Gasteiger partial charge in [0.2, 0.25) is 0 Å². The highest BCUT2D eigenvalue weighted by atomic mass is 16.1. The maximum atomic E-state index is 10.7. The minimum atomic E-state index is 0.600. The zero-order chi connectivity index (χ0) is 13.0. The topological polar surface area (TPSA) is 46.1 Å². The van der Waals surface area contributed by atoms with Crippen molar-refractivity contribution in [3.05, 3.63) is 53.5 Å². The first-order valence-electron chi connectivity index (χ1n) is 5.73. The number of rotatable bonds is 4. The number of hydrogen-bond donors (Lipinski definition) is 0. The summed E-state index contributed by atoms with van der Waals surface area (Å²) in [5, 5.41) is 0. The van der Waals surface area contributed by atoms with Crippen molar-refractivity contribution in [2.24, 2.45) is 0 Å². The largest absolute Gasteiger partial charge is 0.354 e. The molecule has 0 bridgehead atoms. The van der Waals surface area contributed by atoms with E-state index >= 15 is 0 Å². The fraction of sp³-hybridized carbons (Fsp3) is 0.214. The minimum absolute atomic E-state index is 0.600. The zero-order valence-electron chi connectivity index (χ0n) is 10.5. The second kappa shape index (κ2) is 5.40. The molecule has 0 unspecified atom stereocenters. The van der Waals surface area contributed by atoms with E-state index in [1.54, 1.807) is 12.4 Å². The van der Waals surface area contributed by atoms with E-state index in [4.69, 9.17) is 0 Å². The van der Waals surface area contributed by atoms with Gasteiger partial charge in [0, 0.05) is 25.0 Å². The predicted molar refractivity (Wildman–Crippen MR) is 70.7 cm³/mol. The van der Waals surface area contributed by atoms with Gasteiger partial charge in [-0.2, -0.15) is 0 Å². The number of carbonyl (C=O) groups is 1. The van der Waals surface area contributed by atoms with Gasteiger partial charge in [0.05, 0.1) is 12.2 Å². The van der Waals surface area contributed by atoms with Crippen LogP contribution in [0.2, 0.25) is 0 Å². The van der Waals surface area contributed by atoms with Crippen molar-refractivity contribution in [1.82, 2.24) is 9.97 Å². The van der Waals surface area contributed by atoms with E-state index in [-0.39, 0.29) is 0 Å². The first-order chi connectivity index (χ1) is 8.70. The first-order valence-corrected chi connectivity index (χ1v) is 5.73. The first kappa shape index (κ1) is 12.2. The maximum absolute atomic E-state index is 10.7. The lowest BCUT2D eigenvalue weighted by Gasteiger charge is -2.19. The molecule has 2 aromatic rings. The van der Waals surface area contributed by atoms with Crippen molar-refractivity contribution in [1.29, 1.82) is 0 Å². The Balaban J connectivity index is 2.19. The van der Waals surface area contributed by atoms with E-state index < -0.39 is 0 Å². The number of hydrogen-bond acceptors (Lipinski definition) is 4. The predicted octanol–water partition coefficient (Wildman–Crippen LogP) is 2.23. The van der Waals surface area contributed by atoms with Crippen molar-refractivity contribution >= 4 is 12.1 Å². The number of aldehydes is 1. The normalized spacial score (nSPS) is 10.1. The molecule has 0 aliphatic carbocycles. The molecule has 4 heteroatoms. The van der Waals surface area contributed by atoms with Crippen molar-refractivity contribution in [2.75, 3.05) is 11.9 Å². The molecule has 0 saturated carbocycles. The van der Waals surface area contributed by atoms with Gasteiger partial charge < -0.3 is 4.90 Å². The van der Waals surface area contributed by atoms with Crippen LogP contribution in [-0.4, -0.2) is 23.3 Å². The van der Waals surface area contributed by atoms with Gasteiger partial charge in [-0.25, -0.2) is 4.98 Å². The smallest absolute Gasteiger partial charge is 0.151 e. The average molecular weight is 241 g/mol. The number of pyridine rings is 2. The van der Waals surface area contributed by atoms with Crippen LogP contribution in [-0.2, 0) is 6.54 Å². The van der Waals surface area contributed by atoms with Gasteiger partial charge in [0.1, 0.15) is 5.82 Å². The van der Waals surface area contributed by atoms with Crippen LogP contribution in [0.1, 0.15) is 21.6 Å². The molecule has 0 aromatic carbocycles. The second-order valence-electron chi connectivity index (χ2n) is 4.20. The molecule has 2 heterocycles. The molecule has 0 aliphatic rings. The monoisotopic (exact) mass is 241 g/mol. The third kappa shape index (κ3) is 2.71. The molecule has 0 aliphatic heterocycles. The molecule has 4 nitrogen and oxygen atoms in total. The Morgan fingerprint density at radius 1 is 1.33 bits per heavy atom. The lowest BCUT2D eigenvalue weighted by Crippen LogP contribution is -2.19. The second-order valence-corrected chi connectivity index (χ2v) is 4.20. The summed E-state index contributed by atoms with van der Waals surface area (Å²) in [5.41, 5.74) is 2.57. The molecule has 0 spiro atoms. The molecule has 18 heavy (non-hydrogen) atoms. The molecule has 0 saturated heterocycles. The maximum Gasteiger partial charge on any atom is 0.151 e. The number of nitrogens with zero attached hydrogens (tertiary/aromatic N) is 3. The number of carbonyl (C=O) groups excluding carboxylic acids is 1. The van der Waals surface area contributed by atoms with Gasteiger partial charge in [-0.05, 0) is 30.7 Å². The van der Waals surface area contributed by atoms with Gasteiger partial charge in [0.15, 0.2) is 6.29 Å². The van der Waals surface area contributed by atoms with E-state index in [1.807, 2.05) is 43.1 Å². The highest BCUT2D eigenvalue weighted by molar-refractivity contribution is 5.75. The summed E-state index contributed by atoms with van der Waals surface area (Å²) in [6.07, 6.45) is 4.17. The summed E-state index contributed by atoms with van der Waals surface area (Å²) in [6.45, 7) is 2.64. The summed E-state index contributed by atoms with van der Waals surface area (Å²) < 4.78 is 0. The Morgan fingerprint density at radius 3 is 2.78 bits per heavy atom. The Hall–Kier alpha value is -2.23. The molecule has 0 atom stereocenters. The molecule has 0 fully saturated rings. The van der Waals surface area contributed by atoms with Crippen LogP contribution in [0.3, 0.4) is 0 Å². The molecule has 2 rings (SSSR count). The summed E-state index contributed by atoms with van der Waals surface area (Å²) >= 11 is 0. The Morgan fingerprint density at radius 2 is 2.17 bits per heavy atom. The van der Waals surface area contributed by atoms with Gasteiger partial charge in [0.25, 0.3) is 0 Å². The molecular formula is C14H15N3O. The van der Waals surface area contributed by atoms with Gasteiger partial charge in [-0.3, -0.25) is 9.78 Å². The number of aromatic nitrogens is 2. The average Bonchev–Trinajstić information content (AvgIpc) is 2.39. The minimum Gasteiger partial charge on any atom is -0.354 e. The summed E-state index contributed by atoms with van der Waals surface area (Å²) in [6, 6.07) is 7.67. The number of aryl methyl sites for hydroxylation is 1. The standard InChI is InChI=1S/C14H15N3O/c1-11-7-12(10-18)8-16-14(11)17(2)9-13-5-3-4-6-15-13/h3-8,10H,9H2,1-2H3. The molecular weight excluding hydrogens is 226 g/mol. The summed E-state index contributed by atoms with van der Waals surface area (Å²) in [5.74, 6) is 0.867. The summed E-state index contributed by atoms with van der Waals surface area (Å²) in [4.78, 5) is 21.3. The van der Waals surface area contributed by atoms with E-state index in [2.05, 4.69) is 9.97 Å². The van der Waals surface area contributed by atoms with Crippen LogP contribution in [0.4, 0.5) is 5.82 Å². The van der Waals surface area contributed by atoms with Crippen LogP contribution < -0.4 is 4.90 Å². The van der Waals surface area contributed by atoms with Crippen LogP contribution in [0, 0.1) is 6.92 Å². The Bertz CT molecular complexity index is 540. The molecule has 2 aromatic heterocycles. The van der Waals surface area contributed by atoms with Crippen molar-refractivity contribution in [3.63, 3.8) is 0 Å².